The zero-order valence-electron chi connectivity index (χ0n) is 15.8. The van der Waals surface area contributed by atoms with E-state index in [0.29, 0.717) is 36.7 Å². The Balaban J connectivity index is 2.62. The molecule has 1 N–H and O–H groups in total. The SMILES string of the molecule is COc1cccc(OC)c1C(=O)NCCN(CCCN(C)C)C(C)=O. The van der Waals surface area contributed by atoms with Crippen LogP contribution in [0.4, 0.5) is 0 Å². The summed E-state index contributed by atoms with van der Waals surface area (Å²) < 4.78 is 10.5. The third kappa shape index (κ3) is 6.62. The first-order valence-electron chi connectivity index (χ1n) is 8.30. The molecule has 1 rings (SSSR count). The fraction of sp³-hybridized carbons (Fsp3) is 0.556. The van der Waals surface area contributed by atoms with Crippen molar-refractivity contribution in [3.8, 4) is 11.5 Å². The van der Waals surface area contributed by atoms with Crippen LogP contribution in [0.25, 0.3) is 0 Å². The average Bonchev–Trinajstić information content (AvgIpc) is 2.58. The molecule has 0 spiro atoms. The van der Waals surface area contributed by atoms with Crippen LogP contribution in [0.15, 0.2) is 18.2 Å². The maximum atomic E-state index is 12.5. The zero-order valence-corrected chi connectivity index (χ0v) is 15.8. The van der Waals surface area contributed by atoms with Gasteiger partial charge in [-0.25, -0.2) is 0 Å². The molecule has 0 radical (unpaired) electrons. The van der Waals surface area contributed by atoms with Gasteiger partial charge in [-0.15, -0.1) is 0 Å². The summed E-state index contributed by atoms with van der Waals surface area (Å²) in [6.07, 6.45) is 0.890. The van der Waals surface area contributed by atoms with Gasteiger partial charge in [-0.05, 0) is 39.2 Å². The van der Waals surface area contributed by atoms with Crippen molar-refractivity contribution in [2.75, 3.05) is 54.5 Å². The standard InChI is InChI=1S/C18H29N3O4/c1-14(22)21(12-7-11-20(2)3)13-10-19-18(23)17-15(24-4)8-6-9-16(17)25-5/h6,8-9H,7,10-13H2,1-5H3,(H,19,23). The first-order chi connectivity index (χ1) is 11.9. The summed E-state index contributed by atoms with van der Waals surface area (Å²) in [7, 11) is 7.01. The van der Waals surface area contributed by atoms with Crippen LogP contribution in [0.5, 0.6) is 11.5 Å². The highest BCUT2D eigenvalue weighted by Crippen LogP contribution is 2.27. The second-order valence-electron chi connectivity index (χ2n) is 5.96. The summed E-state index contributed by atoms with van der Waals surface area (Å²) in [6, 6.07) is 5.18. The number of nitrogens with one attached hydrogen (secondary N) is 1. The van der Waals surface area contributed by atoms with Gasteiger partial charge in [-0.3, -0.25) is 9.59 Å². The lowest BCUT2D eigenvalue weighted by atomic mass is 10.1. The van der Waals surface area contributed by atoms with Gasteiger partial charge in [0, 0.05) is 26.6 Å². The first-order valence-corrected chi connectivity index (χ1v) is 8.30. The minimum Gasteiger partial charge on any atom is -0.496 e. The zero-order chi connectivity index (χ0) is 18.8. The second kappa shape index (κ2) is 10.6. The molecule has 0 saturated carbocycles. The highest BCUT2D eigenvalue weighted by Gasteiger charge is 2.18. The van der Waals surface area contributed by atoms with Crippen molar-refractivity contribution in [2.24, 2.45) is 0 Å². The first kappa shape index (κ1) is 20.8. The fourth-order valence-electron chi connectivity index (χ4n) is 2.47. The summed E-state index contributed by atoms with van der Waals surface area (Å²) in [4.78, 5) is 28.0. The molecule has 0 aliphatic carbocycles. The van der Waals surface area contributed by atoms with Crippen LogP contribution in [0.3, 0.4) is 0 Å². The van der Waals surface area contributed by atoms with Crippen LogP contribution >= 0.6 is 0 Å². The van der Waals surface area contributed by atoms with E-state index in [2.05, 4.69) is 10.2 Å². The quantitative estimate of drug-likeness (QED) is 0.687. The number of amides is 2. The normalized spacial score (nSPS) is 10.5. The number of carbonyl (C=O) groups is 2. The lowest BCUT2D eigenvalue weighted by Gasteiger charge is -2.22. The number of nitrogens with zero attached hydrogens (tertiary/aromatic N) is 2. The topological polar surface area (TPSA) is 71.1 Å². The molecule has 0 aliphatic rings. The molecule has 0 fully saturated rings. The second-order valence-corrected chi connectivity index (χ2v) is 5.96. The van der Waals surface area contributed by atoms with Crippen molar-refractivity contribution in [1.82, 2.24) is 15.1 Å². The smallest absolute Gasteiger partial charge is 0.258 e. The number of carbonyl (C=O) groups excluding carboxylic acids is 2. The Hall–Kier alpha value is -2.28. The molecule has 7 heteroatoms. The molecule has 1 aromatic carbocycles. The molecule has 0 atom stereocenters. The highest BCUT2D eigenvalue weighted by molar-refractivity contribution is 5.99. The molecule has 140 valence electrons. The van der Waals surface area contributed by atoms with E-state index >= 15 is 0 Å². The summed E-state index contributed by atoms with van der Waals surface area (Å²) in [5, 5.41) is 2.83. The number of hydrogen-bond acceptors (Lipinski definition) is 5. The Kier molecular flexibility index (Phi) is 8.77. The van der Waals surface area contributed by atoms with E-state index in [-0.39, 0.29) is 11.8 Å². The van der Waals surface area contributed by atoms with Gasteiger partial charge < -0.3 is 24.6 Å². The van der Waals surface area contributed by atoms with E-state index in [9.17, 15) is 9.59 Å². The van der Waals surface area contributed by atoms with Crippen molar-refractivity contribution in [3.63, 3.8) is 0 Å². The molecular formula is C18H29N3O4. The lowest BCUT2D eigenvalue weighted by molar-refractivity contribution is -0.128. The molecule has 2 amide bonds. The van der Waals surface area contributed by atoms with Gasteiger partial charge >= 0.3 is 0 Å². The van der Waals surface area contributed by atoms with Gasteiger partial charge in [-0.1, -0.05) is 6.07 Å². The average molecular weight is 351 g/mol. The van der Waals surface area contributed by atoms with Gasteiger partial charge in [-0.2, -0.15) is 0 Å². The van der Waals surface area contributed by atoms with Crippen LogP contribution in [0.1, 0.15) is 23.7 Å². The Morgan fingerprint density at radius 3 is 2.12 bits per heavy atom. The summed E-state index contributed by atoms with van der Waals surface area (Å²) in [6.45, 7) is 3.95. The summed E-state index contributed by atoms with van der Waals surface area (Å²) >= 11 is 0. The third-order valence-electron chi connectivity index (χ3n) is 3.80. The molecule has 0 aromatic heterocycles. The third-order valence-corrected chi connectivity index (χ3v) is 3.80. The molecule has 0 saturated heterocycles. The van der Waals surface area contributed by atoms with E-state index in [1.165, 1.54) is 14.2 Å². The predicted molar refractivity (Wildman–Crippen MR) is 97.3 cm³/mol. The highest BCUT2D eigenvalue weighted by atomic mass is 16.5. The van der Waals surface area contributed by atoms with Gasteiger partial charge in [0.1, 0.15) is 17.1 Å². The molecule has 0 unspecified atom stereocenters. The van der Waals surface area contributed by atoms with E-state index < -0.39 is 0 Å². The van der Waals surface area contributed by atoms with Gasteiger partial charge in [0.25, 0.3) is 5.91 Å². The molecule has 0 bridgehead atoms. The predicted octanol–water partition coefficient (Wildman–Crippen LogP) is 1.23. The largest absolute Gasteiger partial charge is 0.496 e. The molecule has 7 nitrogen and oxygen atoms in total. The minimum absolute atomic E-state index is 0.00266. The van der Waals surface area contributed by atoms with E-state index in [1.807, 2.05) is 14.1 Å². The van der Waals surface area contributed by atoms with E-state index in [4.69, 9.17) is 9.47 Å². The van der Waals surface area contributed by atoms with Gasteiger partial charge in [0.2, 0.25) is 5.91 Å². The molecule has 1 aromatic rings. The Morgan fingerprint density at radius 1 is 1.04 bits per heavy atom. The number of rotatable bonds is 10. The van der Waals surface area contributed by atoms with Crippen LogP contribution in [-0.4, -0.2) is 76.1 Å². The summed E-state index contributed by atoms with van der Waals surface area (Å²) in [5.74, 6) is 0.617. The molecule has 0 heterocycles. The van der Waals surface area contributed by atoms with Gasteiger partial charge in [0.15, 0.2) is 0 Å². The van der Waals surface area contributed by atoms with Crippen LogP contribution in [0, 0.1) is 0 Å². The number of methoxy groups -OCH3 is 2. The maximum absolute atomic E-state index is 12.5. The lowest BCUT2D eigenvalue weighted by Crippen LogP contribution is -2.38. The summed E-state index contributed by atoms with van der Waals surface area (Å²) in [5.41, 5.74) is 0.356. The number of hydrogen-bond donors (Lipinski definition) is 1. The Labute approximate surface area is 149 Å². The van der Waals surface area contributed by atoms with Crippen LogP contribution in [0.2, 0.25) is 0 Å². The maximum Gasteiger partial charge on any atom is 0.258 e. The molecule has 0 aliphatic heterocycles. The van der Waals surface area contributed by atoms with Crippen LogP contribution in [-0.2, 0) is 4.79 Å². The monoisotopic (exact) mass is 351 g/mol. The van der Waals surface area contributed by atoms with Crippen molar-refractivity contribution < 1.29 is 19.1 Å². The Bertz CT molecular complexity index is 553. The Morgan fingerprint density at radius 2 is 1.64 bits per heavy atom. The van der Waals surface area contributed by atoms with Crippen LogP contribution < -0.4 is 14.8 Å². The van der Waals surface area contributed by atoms with Crippen molar-refractivity contribution >= 4 is 11.8 Å². The minimum atomic E-state index is -0.286. The molecule has 25 heavy (non-hydrogen) atoms. The van der Waals surface area contributed by atoms with E-state index in [1.54, 1.807) is 30.0 Å². The van der Waals surface area contributed by atoms with Crippen molar-refractivity contribution in [3.05, 3.63) is 23.8 Å². The number of benzene rings is 1. The van der Waals surface area contributed by atoms with Crippen molar-refractivity contribution in [1.29, 1.82) is 0 Å². The fourth-order valence-corrected chi connectivity index (χ4v) is 2.47. The van der Waals surface area contributed by atoms with E-state index in [0.717, 1.165) is 13.0 Å². The van der Waals surface area contributed by atoms with Gasteiger partial charge in [0.05, 0.1) is 14.2 Å². The van der Waals surface area contributed by atoms with Crippen molar-refractivity contribution in [2.45, 2.75) is 13.3 Å². The number of ether oxygens (including phenoxy) is 2. The molecular weight excluding hydrogens is 322 g/mol.